The first-order valence-electron chi connectivity index (χ1n) is 8.38. The summed E-state index contributed by atoms with van der Waals surface area (Å²) in [6.07, 6.45) is 0. The minimum absolute atomic E-state index is 0.185. The van der Waals surface area contributed by atoms with Crippen molar-refractivity contribution in [2.45, 2.75) is 13.8 Å². The first-order chi connectivity index (χ1) is 12.6. The van der Waals surface area contributed by atoms with Crippen molar-refractivity contribution in [3.05, 3.63) is 78.1 Å². The fourth-order valence-corrected chi connectivity index (χ4v) is 2.95. The Morgan fingerprint density at radius 3 is 2.19 bits per heavy atom. The van der Waals surface area contributed by atoms with Crippen molar-refractivity contribution in [2.24, 2.45) is 0 Å². The summed E-state index contributed by atoms with van der Waals surface area (Å²) < 4.78 is 1.73. The molecule has 0 atom stereocenters. The minimum atomic E-state index is 0.185. The van der Waals surface area contributed by atoms with E-state index in [9.17, 15) is 5.11 Å². The van der Waals surface area contributed by atoms with Crippen LogP contribution in [0.5, 0.6) is 5.75 Å². The van der Waals surface area contributed by atoms with Crippen molar-refractivity contribution in [3.8, 4) is 34.2 Å². The van der Waals surface area contributed by atoms with Crippen LogP contribution in [0.15, 0.2) is 66.7 Å². The monoisotopic (exact) mass is 342 g/mol. The van der Waals surface area contributed by atoms with Gasteiger partial charge in [-0.05, 0) is 38.1 Å². The molecule has 4 rings (SSSR count). The number of hydrogen-bond donors (Lipinski definition) is 1. The number of para-hydroxylation sites is 1. The number of hydrogen-bond acceptors (Lipinski definition) is 4. The second-order valence-electron chi connectivity index (χ2n) is 6.16. The maximum atomic E-state index is 10.3. The first-order valence-corrected chi connectivity index (χ1v) is 8.38. The Morgan fingerprint density at radius 2 is 1.50 bits per heavy atom. The van der Waals surface area contributed by atoms with Crippen LogP contribution in [0, 0.1) is 13.8 Å². The highest BCUT2D eigenvalue weighted by Gasteiger charge is 2.14. The number of rotatable bonds is 3. The van der Waals surface area contributed by atoms with Gasteiger partial charge < -0.3 is 5.11 Å². The molecule has 0 saturated carbocycles. The average molecular weight is 342 g/mol. The van der Waals surface area contributed by atoms with Crippen LogP contribution in [-0.4, -0.2) is 24.9 Å². The van der Waals surface area contributed by atoms with Gasteiger partial charge in [0.1, 0.15) is 5.75 Å². The lowest BCUT2D eigenvalue weighted by Gasteiger charge is -2.10. The molecule has 0 aliphatic rings. The van der Waals surface area contributed by atoms with Gasteiger partial charge in [-0.3, -0.25) is 0 Å². The molecule has 0 aliphatic carbocycles. The van der Waals surface area contributed by atoms with Crippen molar-refractivity contribution in [1.29, 1.82) is 0 Å². The fraction of sp³-hybridized carbons (Fsp3) is 0.0952. The third-order valence-electron chi connectivity index (χ3n) is 4.16. The van der Waals surface area contributed by atoms with Crippen LogP contribution >= 0.6 is 0 Å². The van der Waals surface area contributed by atoms with E-state index in [0.29, 0.717) is 17.2 Å². The van der Waals surface area contributed by atoms with Gasteiger partial charge in [0.25, 0.3) is 5.95 Å². The summed E-state index contributed by atoms with van der Waals surface area (Å²) in [5.41, 5.74) is 4.93. The molecule has 5 nitrogen and oxygen atoms in total. The van der Waals surface area contributed by atoms with E-state index < -0.39 is 0 Å². The highest BCUT2D eigenvalue weighted by molar-refractivity contribution is 5.72. The summed E-state index contributed by atoms with van der Waals surface area (Å²) >= 11 is 0. The number of aromatic hydroxyl groups is 1. The van der Waals surface area contributed by atoms with Crippen LogP contribution in [0.2, 0.25) is 0 Å². The molecular formula is C21H18N4O. The average Bonchev–Trinajstić information content (AvgIpc) is 3.01. The number of aromatic nitrogens is 4. The normalized spacial score (nSPS) is 10.8. The lowest BCUT2D eigenvalue weighted by molar-refractivity contribution is 0.477. The van der Waals surface area contributed by atoms with Gasteiger partial charge in [0.05, 0.1) is 17.1 Å². The van der Waals surface area contributed by atoms with Crippen LogP contribution in [0.3, 0.4) is 0 Å². The largest absolute Gasteiger partial charge is 0.507 e. The van der Waals surface area contributed by atoms with E-state index in [-0.39, 0.29) is 5.75 Å². The third kappa shape index (κ3) is 2.95. The number of nitrogens with zero attached hydrogens (tertiary/aromatic N) is 4. The summed E-state index contributed by atoms with van der Waals surface area (Å²) in [7, 11) is 0. The lowest BCUT2D eigenvalue weighted by atomic mass is 10.1. The first kappa shape index (κ1) is 16.0. The van der Waals surface area contributed by atoms with Gasteiger partial charge in [-0.15, -0.1) is 0 Å². The van der Waals surface area contributed by atoms with E-state index >= 15 is 0 Å². The van der Waals surface area contributed by atoms with Crippen LogP contribution in [0.25, 0.3) is 28.5 Å². The molecule has 0 bridgehead atoms. The predicted octanol–water partition coefficient (Wildman–Crippen LogP) is 4.32. The zero-order valence-corrected chi connectivity index (χ0v) is 14.6. The van der Waals surface area contributed by atoms with Crippen molar-refractivity contribution in [3.63, 3.8) is 0 Å². The molecule has 26 heavy (non-hydrogen) atoms. The van der Waals surface area contributed by atoms with E-state index in [1.807, 2.05) is 68.4 Å². The van der Waals surface area contributed by atoms with Crippen LogP contribution in [0.1, 0.15) is 11.4 Å². The fourth-order valence-electron chi connectivity index (χ4n) is 2.95. The predicted molar refractivity (Wildman–Crippen MR) is 101 cm³/mol. The standard InChI is InChI=1S/C21H18N4O/c1-14-12-15(2)25(24-14)21-22-18(16-8-4-3-5-9-16)13-19(23-21)17-10-6-7-11-20(17)26/h3-13,26H,1-2H3. The number of phenols is 1. The second kappa shape index (κ2) is 6.44. The van der Waals surface area contributed by atoms with Gasteiger partial charge in [-0.25, -0.2) is 14.6 Å². The van der Waals surface area contributed by atoms with Crippen molar-refractivity contribution >= 4 is 0 Å². The summed E-state index contributed by atoms with van der Waals surface area (Å²) in [5, 5.41) is 14.8. The zero-order valence-electron chi connectivity index (χ0n) is 14.6. The zero-order chi connectivity index (χ0) is 18.1. The van der Waals surface area contributed by atoms with Gasteiger partial charge in [-0.2, -0.15) is 5.10 Å². The molecule has 0 radical (unpaired) electrons. The molecular weight excluding hydrogens is 324 g/mol. The Hall–Kier alpha value is -3.47. The Morgan fingerprint density at radius 1 is 0.808 bits per heavy atom. The van der Waals surface area contributed by atoms with Crippen LogP contribution < -0.4 is 0 Å². The molecule has 0 saturated heterocycles. The van der Waals surface area contributed by atoms with Gasteiger partial charge in [0.2, 0.25) is 0 Å². The molecule has 0 unspecified atom stereocenters. The lowest BCUT2D eigenvalue weighted by Crippen LogP contribution is -2.07. The van der Waals surface area contributed by atoms with Gasteiger partial charge in [0, 0.05) is 16.8 Å². The SMILES string of the molecule is Cc1cc(C)n(-c2nc(-c3ccccc3)cc(-c3ccccc3O)n2)n1. The molecule has 1 N–H and O–H groups in total. The Bertz CT molecular complexity index is 1070. The molecule has 2 aromatic heterocycles. The molecule has 0 amide bonds. The molecule has 4 aromatic rings. The van der Waals surface area contributed by atoms with Gasteiger partial charge >= 0.3 is 0 Å². The summed E-state index contributed by atoms with van der Waals surface area (Å²) in [5.74, 6) is 0.666. The number of benzene rings is 2. The Kier molecular flexibility index (Phi) is 3.97. The molecule has 5 heteroatoms. The number of aryl methyl sites for hydroxylation is 2. The maximum absolute atomic E-state index is 10.3. The van der Waals surface area contributed by atoms with E-state index in [1.165, 1.54) is 0 Å². The summed E-state index contributed by atoms with van der Waals surface area (Å²) in [6.45, 7) is 3.91. The van der Waals surface area contributed by atoms with E-state index in [4.69, 9.17) is 4.98 Å². The summed E-state index contributed by atoms with van der Waals surface area (Å²) in [6, 6.07) is 21.0. The maximum Gasteiger partial charge on any atom is 0.251 e. The second-order valence-corrected chi connectivity index (χ2v) is 6.16. The van der Waals surface area contributed by atoms with E-state index in [1.54, 1.807) is 16.8 Å². The quantitative estimate of drug-likeness (QED) is 0.602. The van der Waals surface area contributed by atoms with Crippen LogP contribution in [0.4, 0.5) is 0 Å². The Balaban J connectivity index is 1.96. The third-order valence-corrected chi connectivity index (χ3v) is 4.16. The molecule has 0 spiro atoms. The smallest absolute Gasteiger partial charge is 0.251 e. The van der Waals surface area contributed by atoms with Crippen molar-refractivity contribution in [1.82, 2.24) is 19.7 Å². The van der Waals surface area contributed by atoms with Crippen molar-refractivity contribution in [2.75, 3.05) is 0 Å². The molecule has 0 fully saturated rings. The van der Waals surface area contributed by atoms with Gasteiger partial charge in [-0.1, -0.05) is 42.5 Å². The number of phenolic OH excluding ortho intramolecular Hbond substituents is 1. The topological polar surface area (TPSA) is 63.8 Å². The van der Waals surface area contributed by atoms with Crippen molar-refractivity contribution < 1.29 is 5.11 Å². The van der Waals surface area contributed by atoms with E-state index in [2.05, 4.69) is 10.1 Å². The van der Waals surface area contributed by atoms with Gasteiger partial charge in [0.15, 0.2) is 0 Å². The Labute approximate surface area is 151 Å². The molecule has 0 aliphatic heterocycles. The minimum Gasteiger partial charge on any atom is -0.507 e. The summed E-state index contributed by atoms with van der Waals surface area (Å²) in [4.78, 5) is 9.37. The molecule has 2 heterocycles. The molecule has 2 aromatic carbocycles. The highest BCUT2D eigenvalue weighted by atomic mass is 16.3. The highest BCUT2D eigenvalue weighted by Crippen LogP contribution is 2.30. The van der Waals surface area contributed by atoms with E-state index in [0.717, 1.165) is 22.6 Å². The molecule has 128 valence electrons. The van der Waals surface area contributed by atoms with Crippen LogP contribution in [-0.2, 0) is 0 Å².